The lowest BCUT2D eigenvalue weighted by Crippen LogP contribution is -2.23. The SMILES string of the molecule is CC(C)=CCC/C(C)=C/CCC(=CCC/C(C)=C/CO)C(C/C=C(\C)CCC=C(C)C)(C/C=C(\C)CCC=C(C)C)C/C=C(\C)CCC=C(C)C. The van der Waals surface area contributed by atoms with Crippen molar-refractivity contribution >= 4 is 0 Å². The third kappa shape index (κ3) is 26.7. The average molecular weight is 699 g/mol. The van der Waals surface area contributed by atoms with Crippen molar-refractivity contribution < 1.29 is 5.11 Å². The van der Waals surface area contributed by atoms with Crippen LogP contribution in [0.4, 0.5) is 0 Å². The molecule has 0 spiro atoms. The van der Waals surface area contributed by atoms with Gasteiger partial charge in [-0.15, -0.1) is 0 Å². The van der Waals surface area contributed by atoms with E-state index in [1.165, 1.54) is 50.2 Å². The van der Waals surface area contributed by atoms with E-state index in [1.807, 2.05) is 6.08 Å². The molecule has 288 valence electrons. The van der Waals surface area contributed by atoms with E-state index in [0.717, 1.165) is 96.3 Å². The highest BCUT2D eigenvalue weighted by molar-refractivity contribution is 5.25. The first-order valence-electron chi connectivity index (χ1n) is 20.2. The number of aliphatic hydroxyl groups excluding tert-OH is 1. The smallest absolute Gasteiger partial charge is 0.0614 e. The maximum atomic E-state index is 9.54. The predicted molar refractivity (Wildman–Crippen MR) is 233 cm³/mol. The highest BCUT2D eigenvalue weighted by Crippen LogP contribution is 2.44. The minimum Gasteiger partial charge on any atom is -0.392 e. The van der Waals surface area contributed by atoms with Gasteiger partial charge in [0.05, 0.1) is 6.61 Å². The van der Waals surface area contributed by atoms with Gasteiger partial charge in [-0.3, -0.25) is 0 Å². The molecular weight excluding hydrogens is 617 g/mol. The zero-order valence-electron chi connectivity index (χ0n) is 36.0. The first-order valence-corrected chi connectivity index (χ1v) is 20.2. The topological polar surface area (TPSA) is 20.2 Å². The second-order valence-electron chi connectivity index (χ2n) is 16.4. The molecule has 0 aromatic heterocycles. The molecule has 0 rings (SSSR count). The fraction of sp³-hybridized carbons (Fsp3) is 0.600. The molecule has 1 N–H and O–H groups in total. The number of aliphatic hydroxyl groups is 1. The maximum absolute atomic E-state index is 9.54. The minimum absolute atomic E-state index is 0.0196. The fourth-order valence-corrected chi connectivity index (χ4v) is 6.30. The van der Waals surface area contributed by atoms with Crippen molar-refractivity contribution in [3.8, 4) is 0 Å². The molecule has 0 aliphatic heterocycles. The Morgan fingerprint density at radius 1 is 0.333 bits per heavy atom. The van der Waals surface area contributed by atoms with Gasteiger partial charge in [0, 0.05) is 5.41 Å². The number of rotatable bonds is 26. The van der Waals surface area contributed by atoms with Crippen LogP contribution in [0, 0.1) is 5.41 Å². The van der Waals surface area contributed by atoms with E-state index in [0.29, 0.717) is 0 Å². The third-order valence-electron chi connectivity index (χ3n) is 9.85. The normalized spacial score (nSPS) is 13.7. The van der Waals surface area contributed by atoms with Crippen molar-refractivity contribution in [3.63, 3.8) is 0 Å². The van der Waals surface area contributed by atoms with Crippen LogP contribution in [-0.2, 0) is 0 Å². The van der Waals surface area contributed by atoms with Crippen molar-refractivity contribution in [2.24, 2.45) is 5.41 Å². The van der Waals surface area contributed by atoms with E-state index in [-0.39, 0.29) is 12.0 Å². The van der Waals surface area contributed by atoms with E-state index in [9.17, 15) is 5.11 Å². The van der Waals surface area contributed by atoms with Gasteiger partial charge < -0.3 is 5.11 Å². The molecule has 0 saturated heterocycles. The molecule has 0 saturated carbocycles. The standard InChI is InChI=1S/C50H82O/c1-40(2)20-14-24-44(9)28-18-30-49(31-19-29-48(13)35-39-51)50(36-32-45(10)25-15-21-41(3)4,37-33-46(11)26-16-22-42(5)6)38-34-47(12)27-17-23-43(7)8/h20-23,28,31-35,51H,14-19,24-27,29-30,36-39H2,1-13H3/b44-28+,45-32+,46-33+,47-34+,48-35+,49-31?. The molecule has 0 aliphatic rings. The van der Waals surface area contributed by atoms with Crippen LogP contribution in [-0.4, -0.2) is 11.7 Å². The van der Waals surface area contributed by atoms with Gasteiger partial charge in [0.1, 0.15) is 0 Å². The van der Waals surface area contributed by atoms with Crippen molar-refractivity contribution in [2.45, 2.75) is 186 Å². The quantitative estimate of drug-likeness (QED) is 0.0892. The van der Waals surface area contributed by atoms with Crippen LogP contribution >= 0.6 is 0 Å². The summed E-state index contributed by atoms with van der Waals surface area (Å²) in [6.07, 6.45) is 40.6. The molecule has 0 radical (unpaired) electrons. The first kappa shape index (κ1) is 48.4. The Balaban J connectivity index is 7.16. The van der Waals surface area contributed by atoms with Crippen LogP contribution in [0.5, 0.6) is 0 Å². The lowest BCUT2D eigenvalue weighted by Gasteiger charge is -2.36. The maximum Gasteiger partial charge on any atom is 0.0614 e. The highest BCUT2D eigenvalue weighted by atomic mass is 16.2. The largest absolute Gasteiger partial charge is 0.392 e. The third-order valence-corrected chi connectivity index (χ3v) is 9.85. The molecule has 1 nitrogen and oxygen atoms in total. The van der Waals surface area contributed by atoms with Gasteiger partial charge in [0.15, 0.2) is 0 Å². The summed E-state index contributed by atoms with van der Waals surface area (Å²) in [5.74, 6) is 0. The Bertz CT molecular complexity index is 1190. The summed E-state index contributed by atoms with van der Waals surface area (Å²) in [5.41, 5.74) is 14.5. The summed E-state index contributed by atoms with van der Waals surface area (Å²) in [6.45, 7) is 29.2. The molecule has 0 aromatic carbocycles. The van der Waals surface area contributed by atoms with Crippen LogP contribution < -0.4 is 0 Å². The van der Waals surface area contributed by atoms with E-state index < -0.39 is 0 Å². The monoisotopic (exact) mass is 699 g/mol. The molecule has 0 aliphatic carbocycles. The second kappa shape index (κ2) is 28.9. The van der Waals surface area contributed by atoms with E-state index in [2.05, 4.69) is 145 Å². The van der Waals surface area contributed by atoms with Crippen LogP contribution in [0.1, 0.15) is 186 Å². The highest BCUT2D eigenvalue weighted by Gasteiger charge is 2.31. The Kier molecular flexibility index (Phi) is 27.4. The van der Waals surface area contributed by atoms with E-state index >= 15 is 0 Å². The van der Waals surface area contributed by atoms with Gasteiger partial charge in [-0.25, -0.2) is 0 Å². The molecule has 51 heavy (non-hydrogen) atoms. The summed E-state index contributed by atoms with van der Waals surface area (Å²) >= 11 is 0. The summed E-state index contributed by atoms with van der Waals surface area (Å²) in [4.78, 5) is 0. The van der Waals surface area contributed by atoms with Gasteiger partial charge in [0.25, 0.3) is 0 Å². The number of hydrogen-bond donors (Lipinski definition) is 1. The molecule has 0 fully saturated rings. The lowest BCUT2D eigenvalue weighted by atomic mass is 9.68. The molecule has 1 heteroatoms. The van der Waals surface area contributed by atoms with Crippen LogP contribution in [0.25, 0.3) is 0 Å². The van der Waals surface area contributed by atoms with Crippen molar-refractivity contribution in [3.05, 3.63) is 116 Å². The molecule has 0 atom stereocenters. The van der Waals surface area contributed by atoms with Crippen molar-refractivity contribution in [2.75, 3.05) is 6.61 Å². The molecule has 0 amide bonds. The van der Waals surface area contributed by atoms with Gasteiger partial charge in [-0.05, 0) is 186 Å². The van der Waals surface area contributed by atoms with Crippen molar-refractivity contribution in [1.82, 2.24) is 0 Å². The summed E-state index contributed by atoms with van der Waals surface area (Å²) in [7, 11) is 0. The second-order valence-corrected chi connectivity index (χ2v) is 16.4. The zero-order valence-corrected chi connectivity index (χ0v) is 36.0. The summed E-state index contributed by atoms with van der Waals surface area (Å²) in [5, 5.41) is 9.54. The first-order chi connectivity index (χ1) is 24.1. The Morgan fingerprint density at radius 3 is 0.922 bits per heavy atom. The van der Waals surface area contributed by atoms with E-state index in [4.69, 9.17) is 0 Å². The van der Waals surface area contributed by atoms with Gasteiger partial charge in [0.2, 0.25) is 0 Å². The Hall–Kier alpha value is -2.64. The van der Waals surface area contributed by atoms with Crippen LogP contribution in [0.3, 0.4) is 0 Å². The van der Waals surface area contributed by atoms with Gasteiger partial charge >= 0.3 is 0 Å². The number of allylic oxidation sites excluding steroid dienone is 19. The Morgan fingerprint density at radius 2 is 0.608 bits per heavy atom. The molecule has 0 bridgehead atoms. The zero-order chi connectivity index (χ0) is 38.7. The molecular formula is C50H82O. The minimum atomic E-state index is 0.0196. The predicted octanol–water partition coefficient (Wildman–Crippen LogP) is 16.3. The summed E-state index contributed by atoms with van der Waals surface area (Å²) in [6, 6.07) is 0. The van der Waals surface area contributed by atoms with Gasteiger partial charge in [-0.2, -0.15) is 0 Å². The van der Waals surface area contributed by atoms with Crippen molar-refractivity contribution in [1.29, 1.82) is 0 Å². The molecule has 0 unspecified atom stereocenters. The lowest BCUT2D eigenvalue weighted by molar-refractivity contribution is 0.341. The van der Waals surface area contributed by atoms with Crippen LogP contribution in [0.15, 0.2) is 116 Å². The average Bonchev–Trinajstić information content (AvgIpc) is 3.03. The van der Waals surface area contributed by atoms with Gasteiger partial charge in [-0.1, -0.05) is 116 Å². The Labute approximate surface area is 319 Å². The molecule has 0 heterocycles. The van der Waals surface area contributed by atoms with E-state index in [1.54, 1.807) is 5.57 Å². The summed E-state index contributed by atoms with van der Waals surface area (Å²) < 4.78 is 0. The number of hydrogen-bond acceptors (Lipinski definition) is 1. The fourth-order valence-electron chi connectivity index (χ4n) is 6.30. The van der Waals surface area contributed by atoms with Crippen LogP contribution in [0.2, 0.25) is 0 Å². The molecule has 0 aromatic rings.